The number of anilines is 1. The Labute approximate surface area is 101 Å². The Kier molecular flexibility index (Phi) is 3.59. The Balaban J connectivity index is 3.43. The van der Waals surface area contributed by atoms with Crippen molar-refractivity contribution in [1.29, 1.82) is 0 Å². The zero-order chi connectivity index (χ0) is 13.2. The average molecular weight is 255 g/mol. The van der Waals surface area contributed by atoms with Crippen molar-refractivity contribution in [1.82, 2.24) is 0 Å². The SMILES string of the molecule is Cc1cc([N+](=O)[O-])cc(C(=O)O)c1NC(N)=S. The van der Waals surface area contributed by atoms with Crippen LogP contribution in [-0.2, 0) is 0 Å². The van der Waals surface area contributed by atoms with E-state index in [-0.39, 0.29) is 22.1 Å². The Morgan fingerprint density at radius 3 is 2.59 bits per heavy atom. The lowest BCUT2D eigenvalue weighted by atomic mass is 10.1. The van der Waals surface area contributed by atoms with Crippen molar-refractivity contribution < 1.29 is 14.8 Å². The summed E-state index contributed by atoms with van der Waals surface area (Å²) in [5.74, 6) is -1.30. The van der Waals surface area contributed by atoms with Gasteiger partial charge in [0.25, 0.3) is 5.69 Å². The molecular formula is C9H9N3O4S. The molecule has 0 atom stereocenters. The molecule has 0 spiro atoms. The molecule has 0 fully saturated rings. The van der Waals surface area contributed by atoms with Crippen molar-refractivity contribution in [3.63, 3.8) is 0 Å². The fourth-order valence-electron chi connectivity index (χ4n) is 1.33. The van der Waals surface area contributed by atoms with Crippen molar-refractivity contribution in [2.45, 2.75) is 6.92 Å². The van der Waals surface area contributed by atoms with E-state index in [1.54, 1.807) is 0 Å². The van der Waals surface area contributed by atoms with E-state index >= 15 is 0 Å². The van der Waals surface area contributed by atoms with Gasteiger partial charge < -0.3 is 16.2 Å². The Morgan fingerprint density at radius 1 is 1.59 bits per heavy atom. The first-order valence-electron chi connectivity index (χ1n) is 4.41. The van der Waals surface area contributed by atoms with Crippen LogP contribution in [0.4, 0.5) is 11.4 Å². The van der Waals surface area contributed by atoms with Gasteiger partial charge in [0.15, 0.2) is 5.11 Å². The van der Waals surface area contributed by atoms with E-state index in [0.29, 0.717) is 5.56 Å². The number of nitrogens with zero attached hydrogens (tertiary/aromatic N) is 1. The number of thiocarbonyl (C=S) groups is 1. The first-order valence-corrected chi connectivity index (χ1v) is 4.82. The van der Waals surface area contributed by atoms with E-state index in [0.717, 1.165) is 6.07 Å². The lowest BCUT2D eigenvalue weighted by molar-refractivity contribution is -0.384. The maximum atomic E-state index is 11.0. The van der Waals surface area contributed by atoms with Crippen molar-refractivity contribution in [3.05, 3.63) is 33.4 Å². The van der Waals surface area contributed by atoms with Crippen LogP contribution in [0.3, 0.4) is 0 Å². The predicted molar refractivity (Wildman–Crippen MR) is 65.2 cm³/mol. The number of aryl methyl sites for hydroxylation is 1. The summed E-state index contributed by atoms with van der Waals surface area (Å²) in [6, 6.07) is 2.20. The van der Waals surface area contributed by atoms with E-state index in [1.165, 1.54) is 13.0 Å². The monoisotopic (exact) mass is 255 g/mol. The van der Waals surface area contributed by atoms with Gasteiger partial charge in [-0.2, -0.15) is 0 Å². The number of hydrogen-bond donors (Lipinski definition) is 3. The molecule has 0 aliphatic rings. The molecule has 0 heterocycles. The second-order valence-electron chi connectivity index (χ2n) is 3.24. The largest absolute Gasteiger partial charge is 0.478 e. The molecule has 0 bridgehead atoms. The van der Waals surface area contributed by atoms with Gasteiger partial charge in [-0.3, -0.25) is 10.1 Å². The third-order valence-corrected chi connectivity index (χ3v) is 2.11. The summed E-state index contributed by atoms with van der Waals surface area (Å²) in [6.07, 6.45) is 0. The lowest BCUT2D eigenvalue weighted by Gasteiger charge is -2.10. The van der Waals surface area contributed by atoms with E-state index < -0.39 is 10.9 Å². The van der Waals surface area contributed by atoms with Gasteiger partial charge in [-0.05, 0) is 24.7 Å². The molecule has 0 aliphatic carbocycles. The van der Waals surface area contributed by atoms with Crippen LogP contribution >= 0.6 is 12.2 Å². The average Bonchev–Trinajstić information content (AvgIpc) is 2.19. The summed E-state index contributed by atoms with van der Waals surface area (Å²) in [4.78, 5) is 20.9. The number of nitrogens with two attached hydrogens (primary N) is 1. The van der Waals surface area contributed by atoms with Crippen molar-refractivity contribution in [3.8, 4) is 0 Å². The van der Waals surface area contributed by atoms with Crippen molar-refractivity contribution in [2.24, 2.45) is 5.73 Å². The minimum absolute atomic E-state index is 0.107. The third kappa shape index (κ3) is 2.88. The number of nitrogens with one attached hydrogen (secondary N) is 1. The van der Waals surface area contributed by atoms with Crippen LogP contribution in [0.25, 0.3) is 0 Å². The van der Waals surface area contributed by atoms with Crippen LogP contribution in [0.15, 0.2) is 12.1 Å². The molecule has 0 aromatic heterocycles. The number of hydrogen-bond acceptors (Lipinski definition) is 4. The minimum Gasteiger partial charge on any atom is -0.478 e. The van der Waals surface area contributed by atoms with Crippen LogP contribution in [0.5, 0.6) is 0 Å². The fourth-order valence-corrected chi connectivity index (χ4v) is 1.43. The second kappa shape index (κ2) is 4.74. The number of aromatic carboxylic acids is 1. The molecule has 0 aliphatic heterocycles. The maximum Gasteiger partial charge on any atom is 0.338 e. The summed E-state index contributed by atoms with van der Waals surface area (Å²) in [5, 5.41) is 22.0. The quantitative estimate of drug-likeness (QED) is 0.422. The zero-order valence-electron chi connectivity index (χ0n) is 8.76. The molecule has 0 saturated carbocycles. The number of non-ortho nitro benzene ring substituents is 1. The highest BCUT2D eigenvalue weighted by Crippen LogP contribution is 2.26. The highest BCUT2D eigenvalue weighted by molar-refractivity contribution is 7.80. The number of carbonyl (C=O) groups is 1. The fraction of sp³-hybridized carbons (Fsp3) is 0.111. The molecule has 90 valence electrons. The summed E-state index contributed by atoms with van der Waals surface area (Å²) >= 11 is 4.61. The molecule has 0 amide bonds. The van der Waals surface area contributed by atoms with Crippen LogP contribution in [0, 0.1) is 17.0 Å². The molecule has 17 heavy (non-hydrogen) atoms. The molecular weight excluding hydrogens is 246 g/mol. The highest BCUT2D eigenvalue weighted by atomic mass is 32.1. The van der Waals surface area contributed by atoms with Gasteiger partial charge in [0.05, 0.1) is 16.2 Å². The molecule has 4 N–H and O–H groups in total. The molecule has 0 radical (unpaired) electrons. The molecule has 7 nitrogen and oxygen atoms in total. The van der Waals surface area contributed by atoms with Gasteiger partial charge in [0, 0.05) is 12.1 Å². The summed E-state index contributed by atoms with van der Waals surface area (Å²) in [5.41, 5.74) is 5.25. The normalized spacial score (nSPS) is 9.71. The number of benzene rings is 1. The van der Waals surface area contributed by atoms with E-state index in [9.17, 15) is 14.9 Å². The van der Waals surface area contributed by atoms with E-state index in [1.807, 2.05) is 0 Å². The van der Waals surface area contributed by atoms with Crippen molar-refractivity contribution >= 4 is 34.7 Å². The first kappa shape index (κ1) is 12.8. The van der Waals surface area contributed by atoms with Crippen LogP contribution in [0.2, 0.25) is 0 Å². The summed E-state index contributed by atoms with van der Waals surface area (Å²) < 4.78 is 0. The van der Waals surface area contributed by atoms with Gasteiger partial charge in [-0.15, -0.1) is 0 Å². The molecule has 1 aromatic rings. The lowest BCUT2D eigenvalue weighted by Crippen LogP contribution is -2.21. The summed E-state index contributed by atoms with van der Waals surface area (Å²) in [6.45, 7) is 1.53. The molecule has 0 saturated heterocycles. The number of rotatable bonds is 3. The van der Waals surface area contributed by atoms with Crippen LogP contribution in [0.1, 0.15) is 15.9 Å². The second-order valence-corrected chi connectivity index (χ2v) is 3.68. The Bertz CT molecular complexity index is 515. The number of carboxylic acids is 1. The summed E-state index contributed by atoms with van der Waals surface area (Å²) in [7, 11) is 0. The third-order valence-electron chi connectivity index (χ3n) is 2.01. The molecule has 1 rings (SSSR count). The zero-order valence-corrected chi connectivity index (χ0v) is 9.58. The van der Waals surface area contributed by atoms with Gasteiger partial charge in [-0.25, -0.2) is 4.79 Å². The van der Waals surface area contributed by atoms with Gasteiger partial charge in [-0.1, -0.05) is 0 Å². The smallest absolute Gasteiger partial charge is 0.338 e. The predicted octanol–water partition coefficient (Wildman–Crippen LogP) is 1.26. The Hall–Kier alpha value is -2.22. The Morgan fingerprint density at radius 2 is 2.18 bits per heavy atom. The van der Waals surface area contributed by atoms with Crippen LogP contribution in [-0.4, -0.2) is 21.1 Å². The topological polar surface area (TPSA) is 118 Å². The maximum absolute atomic E-state index is 11.0. The van der Waals surface area contributed by atoms with E-state index in [4.69, 9.17) is 10.8 Å². The van der Waals surface area contributed by atoms with Crippen LogP contribution < -0.4 is 11.1 Å². The molecule has 0 unspecified atom stereocenters. The standard InChI is InChI=1S/C9H9N3O4S/c1-4-2-5(12(15)16)3-6(8(13)14)7(4)11-9(10)17/h2-3H,1H3,(H,13,14)(H3,10,11,17). The minimum atomic E-state index is -1.30. The molecule has 8 heteroatoms. The number of carboxylic acid groups (broad SMARTS) is 1. The van der Waals surface area contributed by atoms with Gasteiger partial charge in [0.1, 0.15) is 0 Å². The highest BCUT2D eigenvalue weighted by Gasteiger charge is 2.19. The number of nitro groups is 1. The van der Waals surface area contributed by atoms with E-state index in [2.05, 4.69) is 17.5 Å². The van der Waals surface area contributed by atoms with Crippen molar-refractivity contribution in [2.75, 3.05) is 5.32 Å². The number of nitro benzene ring substituents is 1. The first-order chi connectivity index (χ1) is 7.82. The van der Waals surface area contributed by atoms with Gasteiger partial charge >= 0.3 is 5.97 Å². The van der Waals surface area contributed by atoms with Gasteiger partial charge in [0.2, 0.25) is 0 Å². The molecule has 1 aromatic carbocycles.